The van der Waals surface area contributed by atoms with Gasteiger partial charge in [-0.15, -0.1) is 11.8 Å². The summed E-state index contributed by atoms with van der Waals surface area (Å²) in [6, 6.07) is 11.4. The first-order chi connectivity index (χ1) is 12.4. The van der Waals surface area contributed by atoms with Crippen LogP contribution in [-0.2, 0) is 16.1 Å². The Kier molecular flexibility index (Phi) is 7.09. The van der Waals surface area contributed by atoms with E-state index in [-0.39, 0.29) is 18.4 Å². The fourth-order valence-electron chi connectivity index (χ4n) is 2.55. The van der Waals surface area contributed by atoms with Crippen molar-refractivity contribution in [3.05, 3.63) is 53.1 Å². The van der Waals surface area contributed by atoms with Crippen LogP contribution < -0.4 is 15.4 Å². The molecule has 6 heteroatoms. The molecule has 0 radical (unpaired) electrons. The number of nitrogens with one attached hydrogen (secondary N) is 2. The van der Waals surface area contributed by atoms with Crippen molar-refractivity contribution in [1.82, 2.24) is 5.32 Å². The van der Waals surface area contributed by atoms with Crippen molar-refractivity contribution in [1.29, 1.82) is 0 Å². The van der Waals surface area contributed by atoms with E-state index in [1.165, 1.54) is 11.8 Å². The highest BCUT2D eigenvalue weighted by atomic mass is 32.2. The van der Waals surface area contributed by atoms with E-state index in [1.54, 1.807) is 23.9 Å². The molecule has 0 saturated heterocycles. The number of aryl methyl sites for hydroxylation is 2. The van der Waals surface area contributed by atoms with Crippen molar-refractivity contribution >= 4 is 29.3 Å². The summed E-state index contributed by atoms with van der Waals surface area (Å²) in [5.41, 5.74) is 3.73. The maximum absolute atomic E-state index is 12.1. The number of carbonyl (C=O) groups excluding carboxylic acids is 2. The predicted octanol–water partition coefficient (Wildman–Crippen LogP) is 3.68. The van der Waals surface area contributed by atoms with Crippen molar-refractivity contribution in [2.24, 2.45) is 0 Å². The fraction of sp³-hybridized carbons (Fsp3) is 0.300. The van der Waals surface area contributed by atoms with Gasteiger partial charge in [0.25, 0.3) is 5.91 Å². The highest BCUT2D eigenvalue weighted by molar-refractivity contribution is 7.98. The molecule has 0 bridgehead atoms. The number of hydrogen-bond acceptors (Lipinski definition) is 4. The summed E-state index contributed by atoms with van der Waals surface area (Å²) in [6.07, 6.45) is 2.03. The van der Waals surface area contributed by atoms with Crippen molar-refractivity contribution in [3.63, 3.8) is 0 Å². The predicted molar refractivity (Wildman–Crippen MR) is 106 cm³/mol. The van der Waals surface area contributed by atoms with Crippen molar-refractivity contribution in [2.45, 2.75) is 32.2 Å². The Morgan fingerprint density at radius 2 is 1.69 bits per heavy atom. The second-order valence-electron chi connectivity index (χ2n) is 6.03. The zero-order valence-corrected chi connectivity index (χ0v) is 16.3. The third-order valence-corrected chi connectivity index (χ3v) is 4.49. The van der Waals surface area contributed by atoms with E-state index in [2.05, 4.69) is 22.8 Å². The molecule has 0 aliphatic rings. The molecule has 2 aromatic rings. The molecule has 0 fully saturated rings. The van der Waals surface area contributed by atoms with Crippen molar-refractivity contribution in [2.75, 3.05) is 18.2 Å². The fourth-order valence-corrected chi connectivity index (χ4v) is 3.14. The minimum Gasteiger partial charge on any atom is -0.483 e. The lowest BCUT2D eigenvalue weighted by atomic mass is 10.1. The number of benzene rings is 2. The quantitative estimate of drug-likeness (QED) is 0.728. The van der Waals surface area contributed by atoms with Gasteiger partial charge in [-0.2, -0.15) is 0 Å². The van der Waals surface area contributed by atoms with Gasteiger partial charge in [0.2, 0.25) is 5.91 Å². The molecule has 0 aliphatic heterocycles. The Morgan fingerprint density at radius 3 is 2.23 bits per heavy atom. The summed E-state index contributed by atoms with van der Waals surface area (Å²) in [5.74, 6) is 0.473. The number of rotatable bonds is 7. The lowest BCUT2D eigenvalue weighted by Crippen LogP contribution is -2.28. The van der Waals surface area contributed by atoms with E-state index in [4.69, 9.17) is 4.74 Å². The summed E-state index contributed by atoms with van der Waals surface area (Å²) < 4.78 is 5.71. The number of hydrogen-bond donors (Lipinski definition) is 2. The Hall–Kier alpha value is -2.47. The number of ether oxygens (including phenoxy) is 1. The molecule has 0 heterocycles. The molecule has 0 aromatic heterocycles. The molecule has 2 N–H and O–H groups in total. The highest BCUT2D eigenvalue weighted by Crippen LogP contribution is 2.28. The molecule has 0 aliphatic carbocycles. The zero-order valence-electron chi connectivity index (χ0n) is 15.5. The summed E-state index contributed by atoms with van der Waals surface area (Å²) in [6.45, 7) is 5.82. The van der Waals surface area contributed by atoms with Gasteiger partial charge in [-0.05, 0) is 61.1 Å². The standard InChI is InChI=1S/C20H24N2O3S/c1-13-9-18(26-4)10-14(2)20(13)25-12-19(24)21-11-16-5-7-17(8-6-16)22-15(3)23/h5-10H,11-12H2,1-4H3,(H,21,24)(H,22,23). The number of carbonyl (C=O) groups is 2. The lowest BCUT2D eigenvalue weighted by molar-refractivity contribution is -0.123. The second kappa shape index (κ2) is 9.29. The van der Waals surface area contributed by atoms with Crippen LogP contribution in [0.3, 0.4) is 0 Å². The molecule has 0 atom stereocenters. The third kappa shape index (κ3) is 5.81. The minimum absolute atomic E-state index is 0.0235. The van der Waals surface area contributed by atoms with Crippen molar-refractivity contribution in [3.8, 4) is 5.75 Å². The largest absolute Gasteiger partial charge is 0.483 e. The summed E-state index contributed by atoms with van der Waals surface area (Å²) in [7, 11) is 0. The van der Waals surface area contributed by atoms with Crippen molar-refractivity contribution < 1.29 is 14.3 Å². The van der Waals surface area contributed by atoms with Crippen LogP contribution >= 0.6 is 11.8 Å². The highest BCUT2D eigenvalue weighted by Gasteiger charge is 2.09. The monoisotopic (exact) mass is 372 g/mol. The smallest absolute Gasteiger partial charge is 0.258 e. The SMILES string of the molecule is CSc1cc(C)c(OCC(=O)NCc2ccc(NC(C)=O)cc2)c(C)c1. The van der Waals surface area contributed by atoms with E-state index < -0.39 is 0 Å². The van der Waals surface area contributed by atoms with Crippen LogP contribution in [0.4, 0.5) is 5.69 Å². The molecule has 5 nitrogen and oxygen atoms in total. The van der Waals surface area contributed by atoms with E-state index in [1.807, 2.05) is 32.2 Å². The first-order valence-electron chi connectivity index (χ1n) is 8.30. The summed E-state index contributed by atoms with van der Waals surface area (Å²) >= 11 is 1.68. The van der Waals surface area contributed by atoms with Gasteiger partial charge in [0, 0.05) is 24.1 Å². The maximum atomic E-state index is 12.1. The number of anilines is 1. The Morgan fingerprint density at radius 1 is 1.08 bits per heavy atom. The Balaban J connectivity index is 1.85. The van der Waals surface area contributed by atoms with Crippen LogP contribution in [0.5, 0.6) is 5.75 Å². The normalized spacial score (nSPS) is 10.3. The minimum atomic E-state index is -0.177. The summed E-state index contributed by atoms with van der Waals surface area (Å²) in [4.78, 5) is 24.2. The molecular formula is C20H24N2O3S. The van der Waals surface area contributed by atoms with Gasteiger partial charge >= 0.3 is 0 Å². The topological polar surface area (TPSA) is 67.4 Å². The number of amides is 2. The molecule has 0 spiro atoms. The van der Waals surface area contributed by atoms with Gasteiger partial charge in [-0.1, -0.05) is 12.1 Å². The average Bonchev–Trinajstić information content (AvgIpc) is 2.59. The average molecular weight is 372 g/mol. The van der Waals surface area contributed by atoms with Gasteiger partial charge in [0.1, 0.15) is 5.75 Å². The van der Waals surface area contributed by atoms with E-state index in [0.29, 0.717) is 6.54 Å². The van der Waals surface area contributed by atoms with Gasteiger partial charge in [-0.3, -0.25) is 9.59 Å². The van der Waals surface area contributed by atoms with Crippen LogP contribution in [0.25, 0.3) is 0 Å². The zero-order chi connectivity index (χ0) is 19.1. The van der Waals surface area contributed by atoms with Crippen LogP contribution in [0.1, 0.15) is 23.6 Å². The Bertz CT molecular complexity index is 765. The first-order valence-corrected chi connectivity index (χ1v) is 9.52. The van der Waals surface area contributed by atoms with Crippen LogP contribution in [-0.4, -0.2) is 24.7 Å². The molecule has 26 heavy (non-hydrogen) atoms. The Labute approximate surface area is 158 Å². The van der Waals surface area contributed by atoms with Gasteiger partial charge in [0.15, 0.2) is 6.61 Å². The third-order valence-electron chi connectivity index (χ3n) is 3.78. The van der Waals surface area contributed by atoms with E-state index in [9.17, 15) is 9.59 Å². The van der Waals surface area contributed by atoms with E-state index >= 15 is 0 Å². The molecular weight excluding hydrogens is 348 g/mol. The molecule has 138 valence electrons. The lowest BCUT2D eigenvalue weighted by Gasteiger charge is -2.13. The van der Waals surface area contributed by atoms with Gasteiger partial charge < -0.3 is 15.4 Å². The van der Waals surface area contributed by atoms with Gasteiger partial charge in [0.05, 0.1) is 0 Å². The number of thioether (sulfide) groups is 1. The van der Waals surface area contributed by atoms with Crippen LogP contribution in [0.15, 0.2) is 41.3 Å². The molecule has 2 rings (SSSR count). The van der Waals surface area contributed by atoms with Crippen LogP contribution in [0.2, 0.25) is 0 Å². The molecule has 2 aromatic carbocycles. The molecule has 0 unspecified atom stereocenters. The van der Waals surface area contributed by atoms with E-state index in [0.717, 1.165) is 28.1 Å². The molecule has 0 saturated carbocycles. The van der Waals surface area contributed by atoms with Gasteiger partial charge in [-0.25, -0.2) is 0 Å². The maximum Gasteiger partial charge on any atom is 0.258 e. The second-order valence-corrected chi connectivity index (χ2v) is 6.91. The van der Waals surface area contributed by atoms with Crippen LogP contribution in [0, 0.1) is 13.8 Å². The molecule has 2 amide bonds. The first kappa shape index (κ1) is 19.8. The summed E-state index contributed by atoms with van der Waals surface area (Å²) in [5, 5.41) is 5.54.